The number of nitrogens with two attached hydrogens (primary N) is 1. The van der Waals surface area contributed by atoms with Crippen LogP contribution in [-0.2, 0) is 0 Å². The second-order valence-corrected chi connectivity index (χ2v) is 3.88. The molecule has 0 fully saturated rings. The molecule has 2 atom stereocenters. The highest BCUT2D eigenvalue weighted by Crippen LogP contribution is 2.19. The average Bonchev–Trinajstić information content (AvgIpc) is 2.69. The van der Waals surface area contributed by atoms with E-state index in [1.165, 1.54) is 0 Å². The average molecular weight is 237 g/mol. The molecule has 5 N–H and O–H groups in total. The van der Waals surface area contributed by atoms with Gasteiger partial charge >= 0.3 is 5.76 Å². The predicted octanol–water partition coefficient (Wildman–Crippen LogP) is -0.299. The van der Waals surface area contributed by atoms with Crippen LogP contribution in [0.15, 0.2) is 27.4 Å². The molecule has 0 aliphatic heterocycles. The Bertz CT molecular complexity index is 560. The summed E-state index contributed by atoms with van der Waals surface area (Å²) in [4.78, 5) is 13.6. The summed E-state index contributed by atoms with van der Waals surface area (Å²) in [7, 11) is 1.77. The first-order valence-electron chi connectivity index (χ1n) is 5.32. The fourth-order valence-electron chi connectivity index (χ4n) is 1.90. The van der Waals surface area contributed by atoms with Gasteiger partial charge in [-0.2, -0.15) is 0 Å². The van der Waals surface area contributed by atoms with Crippen LogP contribution in [-0.4, -0.2) is 29.8 Å². The van der Waals surface area contributed by atoms with Gasteiger partial charge in [-0.05, 0) is 24.7 Å². The van der Waals surface area contributed by atoms with Crippen LogP contribution in [0.25, 0.3) is 11.1 Å². The fraction of sp³-hybridized carbons (Fsp3) is 0.364. The third-order valence-electron chi connectivity index (χ3n) is 2.75. The van der Waals surface area contributed by atoms with Crippen LogP contribution >= 0.6 is 0 Å². The topological polar surface area (TPSA) is 104 Å². The Balaban J connectivity index is 2.43. The molecular weight excluding hydrogens is 222 g/mol. The Morgan fingerprint density at radius 2 is 2.35 bits per heavy atom. The summed E-state index contributed by atoms with van der Waals surface area (Å²) in [6.45, 7) is -0.120. The monoisotopic (exact) mass is 237 g/mol. The lowest BCUT2D eigenvalue weighted by atomic mass is 10.0. The normalized spacial score (nSPS) is 15.0. The van der Waals surface area contributed by atoms with E-state index < -0.39 is 11.8 Å². The van der Waals surface area contributed by atoms with Crippen molar-refractivity contribution >= 4 is 11.1 Å². The standard InChI is InChI=1S/C11H15N3O3/c1-13-10(7(12)5-15)6-2-3-9-8(4-6)14-11(16)17-9/h2-4,7,10,13,15H,5,12H2,1H3,(H,14,16). The first-order chi connectivity index (χ1) is 8.15. The number of benzene rings is 1. The number of H-pyrrole nitrogens is 1. The van der Waals surface area contributed by atoms with Crippen LogP contribution in [0.2, 0.25) is 0 Å². The number of aliphatic hydroxyl groups excluding tert-OH is 1. The van der Waals surface area contributed by atoms with Crippen LogP contribution in [0.5, 0.6) is 0 Å². The van der Waals surface area contributed by atoms with E-state index in [1.54, 1.807) is 19.2 Å². The van der Waals surface area contributed by atoms with Crippen LogP contribution in [0, 0.1) is 0 Å². The summed E-state index contributed by atoms with van der Waals surface area (Å²) in [5.74, 6) is -0.482. The molecular formula is C11H15N3O3. The number of hydrogen-bond acceptors (Lipinski definition) is 5. The Hall–Kier alpha value is -1.63. The number of aliphatic hydroxyl groups is 1. The SMILES string of the molecule is CNC(c1ccc2oc(=O)[nH]c2c1)C(N)CO. The van der Waals surface area contributed by atoms with E-state index >= 15 is 0 Å². The Labute approximate surface area is 97.4 Å². The van der Waals surface area contributed by atoms with Crippen molar-refractivity contribution in [1.82, 2.24) is 10.3 Å². The molecule has 17 heavy (non-hydrogen) atoms. The number of likely N-dealkylation sites (N-methyl/N-ethyl adjacent to an activating group) is 1. The lowest BCUT2D eigenvalue weighted by Crippen LogP contribution is -2.38. The molecule has 1 heterocycles. The molecule has 0 saturated heterocycles. The van der Waals surface area contributed by atoms with Crippen LogP contribution in [0.1, 0.15) is 11.6 Å². The zero-order chi connectivity index (χ0) is 12.4. The van der Waals surface area contributed by atoms with Gasteiger partial charge in [-0.1, -0.05) is 6.07 Å². The van der Waals surface area contributed by atoms with E-state index in [2.05, 4.69) is 10.3 Å². The van der Waals surface area contributed by atoms with Crippen molar-refractivity contribution in [2.45, 2.75) is 12.1 Å². The summed E-state index contributed by atoms with van der Waals surface area (Å²) < 4.78 is 4.91. The van der Waals surface area contributed by atoms with Crippen molar-refractivity contribution < 1.29 is 9.52 Å². The number of nitrogens with one attached hydrogen (secondary N) is 2. The smallest absolute Gasteiger partial charge is 0.408 e. The van der Waals surface area contributed by atoms with Gasteiger partial charge < -0.3 is 20.6 Å². The van der Waals surface area contributed by atoms with E-state index in [-0.39, 0.29) is 12.6 Å². The zero-order valence-electron chi connectivity index (χ0n) is 9.43. The van der Waals surface area contributed by atoms with E-state index in [4.69, 9.17) is 15.3 Å². The summed E-state index contributed by atoms with van der Waals surface area (Å²) >= 11 is 0. The molecule has 0 spiro atoms. The van der Waals surface area contributed by atoms with Crippen molar-refractivity contribution in [2.75, 3.05) is 13.7 Å². The lowest BCUT2D eigenvalue weighted by molar-refractivity contribution is 0.240. The maximum absolute atomic E-state index is 11.0. The molecule has 0 saturated carbocycles. The number of aromatic nitrogens is 1. The third-order valence-corrected chi connectivity index (χ3v) is 2.75. The molecule has 0 aliphatic rings. The van der Waals surface area contributed by atoms with Crippen molar-refractivity contribution in [1.29, 1.82) is 0 Å². The van der Waals surface area contributed by atoms with Gasteiger partial charge in [0.15, 0.2) is 5.58 Å². The number of hydrogen-bond donors (Lipinski definition) is 4. The highest BCUT2D eigenvalue weighted by molar-refractivity contribution is 5.73. The van der Waals surface area contributed by atoms with Gasteiger partial charge in [-0.15, -0.1) is 0 Å². The summed E-state index contributed by atoms with van der Waals surface area (Å²) in [6, 6.07) is 4.72. The van der Waals surface area contributed by atoms with Crippen LogP contribution in [0.3, 0.4) is 0 Å². The molecule has 2 aromatic rings. The van der Waals surface area contributed by atoms with Gasteiger partial charge in [-0.25, -0.2) is 4.79 Å². The second-order valence-electron chi connectivity index (χ2n) is 3.88. The van der Waals surface area contributed by atoms with E-state index in [0.717, 1.165) is 5.56 Å². The highest BCUT2D eigenvalue weighted by atomic mass is 16.4. The number of rotatable bonds is 4. The number of fused-ring (bicyclic) bond motifs is 1. The first-order valence-corrected chi connectivity index (χ1v) is 5.32. The van der Waals surface area contributed by atoms with Crippen LogP contribution < -0.4 is 16.8 Å². The maximum Gasteiger partial charge on any atom is 0.417 e. The van der Waals surface area contributed by atoms with Gasteiger partial charge in [0.1, 0.15) is 0 Å². The zero-order valence-corrected chi connectivity index (χ0v) is 9.43. The number of aromatic amines is 1. The second kappa shape index (κ2) is 4.70. The molecule has 0 bridgehead atoms. The van der Waals surface area contributed by atoms with E-state index in [9.17, 15) is 4.79 Å². The molecule has 0 amide bonds. The summed E-state index contributed by atoms with van der Waals surface area (Å²) in [5.41, 5.74) is 7.82. The molecule has 0 aliphatic carbocycles. The molecule has 1 aromatic carbocycles. The molecule has 2 rings (SSSR count). The van der Waals surface area contributed by atoms with Gasteiger partial charge in [-0.3, -0.25) is 4.98 Å². The molecule has 6 heteroatoms. The Morgan fingerprint density at radius 1 is 1.59 bits per heavy atom. The quantitative estimate of drug-likeness (QED) is 0.584. The van der Waals surface area contributed by atoms with Crippen molar-refractivity contribution in [3.8, 4) is 0 Å². The minimum absolute atomic E-state index is 0.120. The summed E-state index contributed by atoms with van der Waals surface area (Å²) in [5, 5.41) is 12.1. The lowest BCUT2D eigenvalue weighted by Gasteiger charge is -2.22. The minimum Gasteiger partial charge on any atom is -0.408 e. The summed E-state index contributed by atoms with van der Waals surface area (Å²) in [6.07, 6.45) is 0. The molecule has 0 radical (unpaired) electrons. The highest BCUT2D eigenvalue weighted by Gasteiger charge is 2.18. The minimum atomic E-state index is -0.482. The van der Waals surface area contributed by atoms with E-state index in [0.29, 0.717) is 11.1 Å². The predicted molar refractivity (Wildman–Crippen MR) is 63.7 cm³/mol. The Morgan fingerprint density at radius 3 is 3.00 bits per heavy atom. The molecule has 1 aromatic heterocycles. The Kier molecular flexibility index (Phi) is 3.28. The van der Waals surface area contributed by atoms with Gasteiger partial charge in [0, 0.05) is 12.1 Å². The van der Waals surface area contributed by atoms with Crippen molar-refractivity contribution in [2.24, 2.45) is 5.73 Å². The van der Waals surface area contributed by atoms with Crippen molar-refractivity contribution in [3.63, 3.8) is 0 Å². The largest absolute Gasteiger partial charge is 0.417 e. The van der Waals surface area contributed by atoms with Crippen molar-refractivity contribution in [3.05, 3.63) is 34.3 Å². The van der Waals surface area contributed by atoms with Gasteiger partial charge in [0.25, 0.3) is 0 Å². The fourth-order valence-corrected chi connectivity index (χ4v) is 1.90. The molecule has 92 valence electrons. The number of oxazole rings is 1. The van der Waals surface area contributed by atoms with Gasteiger partial charge in [0.05, 0.1) is 12.1 Å². The van der Waals surface area contributed by atoms with Gasteiger partial charge in [0.2, 0.25) is 0 Å². The van der Waals surface area contributed by atoms with Crippen LogP contribution in [0.4, 0.5) is 0 Å². The molecule has 2 unspecified atom stereocenters. The maximum atomic E-state index is 11.0. The first kappa shape index (κ1) is 11.8. The van der Waals surface area contributed by atoms with E-state index in [1.807, 2.05) is 6.07 Å². The molecule has 6 nitrogen and oxygen atoms in total. The third kappa shape index (κ3) is 2.23.